The van der Waals surface area contributed by atoms with E-state index in [4.69, 9.17) is 5.11 Å². The molecule has 0 saturated carbocycles. The maximum atomic E-state index is 11.5. The van der Waals surface area contributed by atoms with Gasteiger partial charge in [0.15, 0.2) is 0 Å². The molecule has 2 atom stereocenters. The highest BCUT2D eigenvalue weighted by Gasteiger charge is 2.21. The molecule has 0 aliphatic rings. The maximum absolute atomic E-state index is 11.5. The average Bonchev–Trinajstić information content (AvgIpc) is 2.12. The van der Waals surface area contributed by atoms with Crippen LogP contribution in [-0.4, -0.2) is 29.7 Å². The van der Waals surface area contributed by atoms with Crippen molar-refractivity contribution < 1.29 is 14.7 Å². The summed E-state index contributed by atoms with van der Waals surface area (Å²) in [4.78, 5) is 22.0. The van der Waals surface area contributed by atoms with Crippen molar-refractivity contribution in [2.24, 2.45) is 11.3 Å². The number of nitrogens with one attached hydrogen (secondary N) is 2. The summed E-state index contributed by atoms with van der Waals surface area (Å²) in [6.07, 6.45) is 0.0646. The molecule has 0 spiro atoms. The second kappa shape index (κ2) is 6.47. The van der Waals surface area contributed by atoms with Crippen LogP contribution >= 0.6 is 0 Å². The second-order valence-electron chi connectivity index (χ2n) is 5.65. The van der Waals surface area contributed by atoms with Gasteiger partial charge in [0.25, 0.3) is 0 Å². The summed E-state index contributed by atoms with van der Waals surface area (Å²) < 4.78 is 0. The molecule has 0 rings (SSSR count). The molecule has 17 heavy (non-hydrogen) atoms. The Kier molecular flexibility index (Phi) is 5.99. The first-order chi connectivity index (χ1) is 7.62. The average molecular weight is 244 g/mol. The predicted molar refractivity (Wildman–Crippen MR) is 66.9 cm³/mol. The van der Waals surface area contributed by atoms with E-state index in [2.05, 4.69) is 10.6 Å². The van der Waals surface area contributed by atoms with E-state index in [9.17, 15) is 9.59 Å². The van der Waals surface area contributed by atoms with E-state index in [1.807, 2.05) is 27.7 Å². The van der Waals surface area contributed by atoms with E-state index in [1.165, 1.54) is 0 Å². The molecule has 2 amide bonds. The fraction of sp³-hybridized carbons (Fsp3) is 0.833. The molecule has 0 aliphatic heterocycles. The van der Waals surface area contributed by atoms with Gasteiger partial charge in [-0.15, -0.1) is 0 Å². The monoisotopic (exact) mass is 244 g/mol. The summed E-state index contributed by atoms with van der Waals surface area (Å²) in [5, 5.41) is 14.1. The largest absolute Gasteiger partial charge is 0.481 e. The Morgan fingerprint density at radius 2 is 1.76 bits per heavy atom. The van der Waals surface area contributed by atoms with Crippen molar-refractivity contribution in [1.82, 2.24) is 10.6 Å². The molecule has 100 valence electrons. The van der Waals surface area contributed by atoms with Crippen LogP contribution in [0.3, 0.4) is 0 Å². The lowest BCUT2D eigenvalue weighted by Crippen LogP contribution is -2.47. The number of aliphatic carboxylic acids is 1. The molecule has 0 aliphatic carbocycles. The van der Waals surface area contributed by atoms with Crippen LogP contribution in [0.5, 0.6) is 0 Å². The fourth-order valence-corrected chi connectivity index (χ4v) is 1.10. The standard InChI is InChI=1S/C12H24N2O3/c1-8(6-10(15)16)7-13-11(17)14-9(2)12(3,4)5/h8-9H,6-7H2,1-5H3,(H,15,16)(H2,13,14,17). The van der Waals surface area contributed by atoms with Crippen molar-refractivity contribution in [3.8, 4) is 0 Å². The van der Waals surface area contributed by atoms with Gasteiger partial charge in [-0.2, -0.15) is 0 Å². The van der Waals surface area contributed by atoms with E-state index in [0.29, 0.717) is 6.54 Å². The summed E-state index contributed by atoms with van der Waals surface area (Å²) in [6, 6.07) is -0.193. The lowest BCUT2D eigenvalue weighted by atomic mass is 9.88. The highest BCUT2D eigenvalue weighted by molar-refractivity contribution is 5.74. The van der Waals surface area contributed by atoms with Gasteiger partial charge in [0.2, 0.25) is 0 Å². The molecule has 0 aromatic carbocycles. The van der Waals surface area contributed by atoms with Gasteiger partial charge in [0.05, 0.1) is 0 Å². The van der Waals surface area contributed by atoms with E-state index in [0.717, 1.165) is 0 Å². The molecule has 0 fully saturated rings. The number of urea groups is 1. The van der Waals surface area contributed by atoms with Gasteiger partial charge in [-0.3, -0.25) is 4.79 Å². The minimum absolute atomic E-state index is 0.00399. The highest BCUT2D eigenvalue weighted by Crippen LogP contribution is 2.18. The molecule has 5 heteroatoms. The molecule has 5 nitrogen and oxygen atoms in total. The molecule has 3 N–H and O–H groups in total. The minimum Gasteiger partial charge on any atom is -0.481 e. The highest BCUT2D eigenvalue weighted by atomic mass is 16.4. The third-order valence-electron chi connectivity index (χ3n) is 2.78. The summed E-state index contributed by atoms with van der Waals surface area (Å²) >= 11 is 0. The van der Waals surface area contributed by atoms with Crippen LogP contribution in [0.15, 0.2) is 0 Å². The number of carbonyl (C=O) groups excluding carboxylic acids is 1. The van der Waals surface area contributed by atoms with Gasteiger partial charge in [0, 0.05) is 19.0 Å². The summed E-state index contributed by atoms with van der Waals surface area (Å²) in [6.45, 7) is 10.2. The normalized spacial score (nSPS) is 14.9. The van der Waals surface area contributed by atoms with E-state index in [1.54, 1.807) is 6.92 Å². The van der Waals surface area contributed by atoms with Gasteiger partial charge in [-0.25, -0.2) is 4.79 Å². The molecule has 0 heterocycles. The number of rotatable bonds is 5. The Labute approximate surface area is 103 Å². The number of hydrogen-bond donors (Lipinski definition) is 3. The quantitative estimate of drug-likeness (QED) is 0.690. The summed E-state index contributed by atoms with van der Waals surface area (Å²) in [7, 11) is 0. The number of amides is 2. The first-order valence-electron chi connectivity index (χ1n) is 5.89. The molecule has 0 aromatic rings. The SMILES string of the molecule is CC(CNC(=O)NC(C)C(C)(C)C)CC(=O)O. The Bertz CT molecular complexity index is 271. The fourth-order valence-electron chi connectivity index (χ4n) is 1.10. The number of carboxylic acids is 1. The smallest absolute Gasteiger partial charge is 0.315 e. The Balaban J connectivity index is 3.92. The number of carbonyl (C=O) groups is 2. The zero-order valence-electron chi connectivity index (χ0n) is 11.3. The van der Waals surface area contributed by atoms with Gasteiger partial charge in [0.1, 0.15) is 0 Å². The number of carboxylic acid groups (broad SMARTS) is 1. The zero-order chi connectivity index (χ0) is 13.6. The third kappa shape index (κ3) is 7.60. The van der Waals surface area contributed by atoms with Crippen LogP contribution in [0, 0.1) is 11.3 Å². The molecular formula is C12H24N2O3. The van der Waals surface area contributed by atoms with Gasteiger partial charge in [-0.05, 0) is 18.3 Å². The van der Waals surface area contributed by atoms with E-state index < -0.39 is 5.97 Å². The van der Waals surface area contributed by atoms with Gasteiger partial charge >= 0.3 is 12.0 Å². The first kappa shape index (κ1) is 15.7. The molecule has 0 bridgehead atoms. The van der Waals surface area contributed by atoms with Crippen LogP contribution in [0.1, 0.15) is 41.0 Å². The predicted octanol–water partition coefficient (Wildman–Crippen LogP) is 1.83. The van der Waals surface area contributed by atoms with Crippen LogP contribution in [0.25, 0.3) is 0 Å². The van der Waals surface area contributed by atoms with Crippen LogP contribution in [0.4, 0.5) is 4.79 Å². The van der Waals surface area contributed by atoms with Crippen molar-refractivity contribution in [3.63, 3.8) is 0 Å². The molecule has 0 radical (unpaired) electrons. The van der Waals surface area contributed by atoms with Crippen molar-refractivity contribution in [2.45, 2.75) is 47.1 Å². The van der Waals surface area contributed by atoms with Gasteiger partial charge in [-0.1, -0.05) is 27.7 Å². The van der Waals surface area contributed by atoms with Crippen molar-refractivity contribution >= 4 is 12.0 Å². The molecule has 2 unspecified atom stereocenters. The summed E-state index contributed by atoms with van der Waals surface area (Å²) in [5.74, 6) is -0.911. The van der Waals surface area contributed by atoms with Crippen LogP contribution < -0.4 is 10.6 Å². The lowest BCUT2D eigenvalue weighted by molar-refractivity contribution is -0.137. The Morgan fingerprint density at radius 3 is 2.18 bits per heavy atom. The Morgan fingerprint density at radius 1 is 1.24 bits per heavy atom. The zero-order valence-corrected chi connectivity index (χ0v) is 11.3. The van der Waals surface area contributed by atoms with E-state index in [-0.39, 0.29) is 29.8 Å². The van der Waals surface area contributed by atoms with Crippen LogP contribution in [0.2, 0.25) is 0 Å². The van der Waals surface area contributed by atoms with Gasteiger partial charge < -0.3 is 15.7 Å². The topological polar surface area (TPSA) is 78.4 Å². The molecule has 0 aromatic heterocycles. The number of hydrogen-bond acceptors (Lipinski definition) is 2. The maximum Gasteiger partial charge on any atom is 0.315 e. The third-order valence-corrected chi connectivity index (χ3v) is 2.78. The summed E-state index contributed by atoms with van der Waals surface area (Å²) in [5.41, 5.74) is 0.00399. The van der Waals surface area contributed by atoms with Crippen molar-refractivity contribution in [1.29, 1.82) is 0 Å². The van der Waals surface area contributed by atoms with E-state index >= 15 is 0 Å². The second-order valence-corrected chi connectivity index (χ2v) is 5.65. The molecule has 0 saturated heterocycles. The van der Waals surface area contributed by atoms with Crippen molar-refractivity contribution in [2.75, 3.05) is 6.54 Å². The first-order valence-corrected chi connectivity index (χ1v) is 5.89. The van der Waals surface area contributed by atoms with Crippen molar-refractivity contribution in [3.05, 3.63) is 0 Å². The lowest BCUT2D eigenvalue weighted by Gasteiger charge is -2.28. The Hall–Kier alpha value is -1.26. The molecular weight excluding hydrogens is 220 g/mol. The van der Waals surface area contributed by atoms with Crippen LogP contribution in [-0.2, 0) is 4.79 Å². The minimum atomic E-state index is -0.845.